The third kappa shape index (κ3) is 8.64. The molecule has 0 saturated heterocycles. The Kier molecular flexibility index (Phi) is 11.1. The molecule has 14 heteroatoms. The molecule has 13 nitrogen and oxygen atoms in total. The van der Waals surface area contributed by atoms with E-state index in [4.69, 9.17) is 21.1 Å². The second-order valence-electron chi connectivity index (χ2n) is 11.0. The number of amides is 3. The van der Waals surface area contributed by atoms with Crippen LogP contribution in [0.15, 0.2) is 41.4 Å². The number of esters is 1. The lowest BCUT2D eigenvalue weighted by Gasteiger charge is -2.27. The number of aliphatic imine (C=N–C) groups is 1. The molecule has 43 heavy (non-hydrogen) atoms. The Bertz CT molecular complexity index is 1410. The highest BCUT2D eigenvalue weighted by atomic mass is 35.5. The first-order chi connectivity index (χ1) is 20.3. The van der Waals surface area contributed by atoms with Gasteiger partial charge < -0.3 is 14.8 Å². The third-order valence-electron chi connectivity index (χ3n) is 6.62. The fourth-order valence-electron chi connectivity index (χ4n) is 4.62. The monoisotopic (exact) mass is 617 g/mol. The maximum absolute atomic E-state index is 13.7. The fourth-order valence-corrected chi connectivity index (χ4v) is 4.82. The summed E-state index contributed by atoms with van der Waals surface area (Å²) in [5, 5.41) is 24.7. The minimum atomic E-state index is -0.858. The number of rotatable bonds is 9. The lowest BCUT2D eigenvalue weighted by Crippen LogP contribution is -2.50. The van der Waals surface area contributed by atoms with Crippen LogP contribution in [0.4, 0.5) is 10.5 Å². The van der Waals surface area contributed by atoms with E-state index < -0.39 is 46.1 Å². The quantitative estimate of drug-likeness (QED) is 0.202. The van der Waals surface area contributed by atoms with Gasteiger partial charge in [-0.05, 0) is 69.0 Å². The number of benzene rings is 2. The molecule has 0 aromatic heterocycles. The van der Waals surface area contributed by atoms with E-state index in [1.165, 1.54) is 25.3 Å². The van der Waals surface area contributed by atoms with Crippen LogP contribution in [-0.2, 0) is 16.0 Å². The highest BCUT2D eigenvalue weighted by Gasteiger charge is 2.35. The normalized spacial score (nSPS) is 16.1. The zero-order valence-corrected chi connectivity index (χ0v) is 25.4. The van der Waals surface area contributed by atoms with Crippen LogP contribution >= 0.6 is 11.6 Å². The van der Waals surface area contributed by atoms with Crippen molar-refractivity contribution < 1.29 is 34.0 Å². The van der Waals surface area contributed by atoms with Crippen molar-refractivity contribution in [1.29, 1.82) is 0 Å². The number of halogens is 1. The number of methoxy groups -OCH3 is 1. The molecule has 0 bridgehead atoms. The van der Waals surface area contributed by atoms with Gasteiger partial charge in [-0.25, -0.2) is 9.59 Å². The van der Waals surface area contributed by atoms with Crippen molar-refractivity contribution in [3.05, 3.63) is 68.2 Å². The summed E-state index contributed by atoms with van der Waals surface area (Å²) >= 11 is 6.16. The van der Waals surface area contributed by atoms with Crippen LogP contribution in [0, 0.1) is 16.0 Å². The number of hydrogen-bond acceptors (Lipinski definition) is 10. The van der Waals surface area contributed by atoms with Gasteiger partial charge in [-0.3, -0.25) is 35.5 Å². The SMILES string of the molecule is CCC[C@@H](NC(=O)N1CC(NO)=NC[C@H](Cc2cc(Cl)ccc2OC)C1=O)c1ccc(C(=O)OC(C)(C)C)c([N+](=O)[O-])c1. The number of ether oxygens (including phenoxy) is 2. The molecule has 1 aliphatic heterocycles. The second-order valence-corrected chi connectivity index (χ2v) is 11.4. The number of imide groups is 1. The Hall–Kier alpha value is -4.23. The van der Waals surface area contributed by atoms with Gasteiger partial charge in [0, 0.05) is 11.1 Å². The van der Waals surface area contributed by atoms with E-state index in [0.29, 0.717) is 34.7 Å². The van der Waals surface area contributed by atoms with Crippen molar-refractivity contribution in [3.63, 3.8) is 0 Å². The molecule has 0 aliphatic carbocycles. The van der Waals surface area contributed by atoms with Crippen LogP contribution in [-0.4, -0.2) is 64.6 Å². The Balaban J connectivity index is 1.90. The fraction of sp³-hybridized carbons (Fsp3) is 0.448. The van der Waals surface area contributed by atoms with Gasteiger partial charge in [0.25, 0.3) is 5.69 Å². The number of carbonyl (C=O) groups is 3. The van der Waals surface area contributed by atoms with E-state index in [2.05, 4.69) is 10.3 Å². The van der Waals surface area contributed by atoms with Crippen molar-refractivity contribution in [3.8, 4) is 5.75 Å². The number of nitrogens with one attached hydrogen (secondary N) is 2. The largest absolute Gasteiger partial charge is 0.496 e. The van der Waals surface area contributed by atoms with E-state index in [0.717, 1.165) is 4.90 Å². The lowest BCUT2D eigenvalue weighted by atomic mass is 9.97. The molecule has 232 valence electrons. The number of amidine groups is 1. The standard InChI is InChI=1S/C29H36ClN5O8/c1-6-7-22(17-8-10-21(23(14-17)35(40)41)27(37)43-29(2,3)4)32-28(38)34-16-25(33-39)31-15-19(26(34)36)12-18-13-20(30)9-11-24(18)42-5/h8-11,13-14,19,22,39H,6-7,12,15-16H2,1-5H3,(H,31,33)(H,32,38)/t19-,22+/m0/s1. The van der Waals surface area contributed by atoms with Crippen molar-refractivity contribution in [2.75, 3.05) is 20.2 Å². The van der Waals surface area contributed by atoms with Gasteiger partial charge in [-0.15, -0.1) is 0 Å². The average molecular weight is 618 g/mol. The number of carbonyl (C=O) groups excluding carboxylic acids is 3. The maximum atomic E-state index is 13.7. The number of hydroxylamine groups is 1. The molecule has 3 amide bonds. The summed E-state index contributed by atoms with van der Waals surface area (Å²) in [6.45, 7) is 6.48. The van der Waals surface area contributed by atoms with Crippen molar-refractivity contribution in [2.24, 2.45) is 10.9 Å². The molecule has 1 heterocycles. The minimum Gasteiger partial charge on any atom is -0.496 e. The van der Waals surface area contributed by atoms with Gasteiger partial charge in [0.1, 0.15) is 22.7 Å². The summed E-state index contributed by atoms with van der Waals surface area (Å²) in [4.78, 5) is 56.3. The Morgan fingerprint density at radius 3 is 2.58 bits per heavy atom. The summed E-state index contributed by atoms with van der Waals surface area (Å²) in [7, 11) is 1.49. The second kappa shape index (κ2) is 14.3. The minimum absolute atomic E-state index is 0.00783. The lowest BCUT2D eigenvalue weighted by molar-refractivity contribution is -0.385. The van der Waals surface area contributed by atoms with Crippen LogP contribution in [0.5, 0.6) is 5.75 Å². The zero-order chi connectivity index (χ0) is 31.9. The topological polar surface area (TPSA) is 173 Å². The van der Waals surface area contributed by atoms with Crippen LogP contribution < -0.4 is 15.5 Å². The summed E-state index contributed by atoms with van der Waals surface area (Å²) < 4.78 is 10.7. The molecule has 3 rings (SSSR count). The van der Waals surface area contributed by atoms with Gasteiger partial charge >= 0.3 is 12.0 Å². The van der Waals surface area contributed by atoms with Crippen LogP contribution in [0.25, 0.3) is 0 Å². The van der Waals surface area contributed by atoms with E-state index in [9.17, 15) is 29.7 Å². The van der Waals surface area contributed by atoms with Crippen molar-refractivity contribution in [2.45, 2.75) is 58.6 Å². The summed E-state index contributed by atoms with van der Waals surface area (Å²) in [5.74, 6) is -1.66. The first-order valence-electron chi connectivity index (χ1n) is 13.7. The summed E-state index contributed by atoms with van der Waals surface area (Å²) in [6.07, 6.45) is 1.12. The molecule has 0 spiro atoms. The zero-order valence-electron chi connectivity index (χ0n) is 24.7. The molecule has 0 saturated carbocycles. The third-order valence-corrected chi connectivity index (χ3v) is 6.86. The van der Waals surface area contributed by atoms with Gasteiger partial charge in [-0.1, -0.05) is 31.0 Å². The number of urea groups is 1. The molecule has 2 aromatic carbocycles. The molecule has 0 fully saturated rings. The molecule has 2 aromatic rings. The van der Waals surface area contributed by atoms with Gasteiger partial charge in [0.05, 0.1) is 37.1 Å². The number of nitro benzene ring substituents is 1. The molecule has 0 radical (unpaired) electrons. The average Bonchev–Trinajstić information content (AvgIpc) is 3.10. The molecular formula is C29H36ClN5O8. The summed E-state index contributed by atoms with van der Waals surface area (Å²) in [6, 6.07) is 7.50. The molecule has 2 atom stereocenters. The Labute approximate surface area is 254 Å². The predicted molar refractivity (Wildman–Crippen MR) is 159 cm³/mol. The van der Waals surface area contributed by atoms with Gasteiger partial charge in [0.2, 0.25) is 5.91 Å². The Morgan fingerprint density at radius 2 is 1.98 bits per heavy atom. The highest BCUT2D eigenvalue weighted by molar-refractivity contribution is 6.30. The van der Waals surface area contributed by atoms with E-state index in [-0.39, 0.29) is 30.9 Å². The molecule has 3 N–H and O–H groups in total. The van der Waals surface area contributed by atoms with Crippen LogP contribution in [0.3, 0.4) is 0 Å². The van der Waals surface area contributed by atoms with E-state index in [1.54, 1.807) is 39.0 Å². The first kappa shape index (κ1) is 33.3. The molecule has 1 aliphatic rings. The first-order valence-corrected chi connectivity index (χ1v) is 14.0. The number of hydrogen-bond donors (Lipinski definition) is 3. The number of nitrogens with zero attached hydrogens (tertiary/aromatic N) is 3. The predicted octanol–water partition coefficient (Wildman–Crippen LogP) is 4.84. The van der Waals surface area contributed by atoms with E-state index in [1.807, 2.05) is 12.4 Å². The maximum Gasteiger partial charge on any atom is 0.345 e. The smallest absolute Gasteiger partial charge is 0.345 e. The number of nitro groups is 1. The van der Waals surface area contributed by atoms with Crippen LogP contribution in [0.1, 0.15) is 68.1 Å². The van der Waals surface area contributed by atoms with Crippen molar-refractivity contribution >= 4 is 41.0 Å². The highest BCUT2D eigenvalue weighted by Crippen LogP contribution is 2.30. The van der Waals surface area contributed by atoms with E-state index >= 15 is 0 Å². The molecular weight excluding hydrogens is 582 g/mol. The van der Waals surface area contributed by atoms with Gasteiger partial charge in [-0.2, -0.15) is 0 Å². The van der Waals surface area contributed by atoms with Gasteiger partial charge in [0.15, 0.2) is 0 Å². The van der Waals surface area contributed by atoms with Crippen LogP contribution in [0.2, 0.25) is 5.02 Å². The molecule has 0 unspecified atom stereocenters. The van der Waals surface area contributed by atoms with Crippen molar-refractivity contribution in [1.82, 2.24) is 15.7 Å². The summed E-state index contributed by atoms with van der Waals surface area (Å²) in [5.41, 5.74) is 1.40. The Morgan fingerprint density at radius 1 is 1.26 bits per heavy atom.